The number of aromatic nitrogens is 3. The third-order valence-corrected chi connectivity index (χ3v) is 5.86. The summed E-state index contributed by atoms with van der Waals surface area (Å²) in [6.45, 7) is 6.37. The number of anilines is 2. The molecule has 1 amide bonds. The third-order valence-electron chi connectivity index (χ3n) is 5.86. The molecule has 4 rings (SSSR count). The first-order valence-electron chi connectivity index (χ1n) is 12.3. The molecule has 10 heteroatoms. The molecule has 3 aromatic rings. The summed E-state index contributed by atoms with van der Waals surface area (Å²) in [6.07, 6.45) is 1.06. The molecule has 0 fully saturated rings. The number of hydrogen-bond acceptors (Lipinski definition) is 8. The molecule has 37 heavy (non-hydrogen) atoms. The number of nitrogens with zero attached hydrogens (tertiary/aromatic N) is 3. The van der Waals surface area contributed by atoms with Crippen LogP contribution < -0.4 is 15.4 Å². The van der Waals surface area contributed by atoms with Gasteiger partial charge in [-0.25, -0.2) is 9.48 Å². The van der Waals surface area contributed by atoms with E-state index in [0.717, 1.165) is 11.3 Å². The highest BCUT2D eigenvalue weighted by atomic mass is 16.5. The van der Waals surface area contributed by atoms with Gasteiger partial charge in [0.25, 0.3) is 5.91 Å². The number of aliphatic hydroxyl groups is 1. The normalized spacial score (nSPS) is 14.5. The van der Waals surface area contributed by atoms with Crippen molar-refractivity contribution in [2.45, 2.75) is 39.7 Å². The molecule has 0 aliphatic carbocycles. The lowest BCUT2D eigenvalue weighted by Gasteiger charge is -2.28. The SMILES string of the molecule is CCOC(=O)c1ccc(NC(=O)C2=C(C)Nc3nc(CCCO)nn3C2c2ccc(OCC)cc2)cc1. The summed E-state index contributed by atoms with van der Waals surface area (Å²) in [5.74, 6) is 1.11. The first kappa shape index (κ1) is 25.9. The predicted molar refractivity (Wildman–Crippen MR) is 139 cm³/mol. The van der Waals surface area contributed by atoms with Crippen LogP contribution in [0.1, 0.15) is 55.0 Å². The Hall–Kier alpha value is -4.18. The zero-order chi connectivity index (χ0) is 26.4. The first-order chi connectivity index (χ1) is 17.9. The molecule has 0 bridgehead atoms. The zero-order valence-electron chi connectivity index (χ0n) is 21.2. The van der Waals surface area contributed by atoms with E-state index >= 15 is 0 Å². The smallest absolute Gasteiger partial charge is 0.338 e. The Morgan fingerprint density at radius 1 is 1.08 bits per heavy atom. The van der Waals surface area contributed by atoms with Crippen molar-refractivity contribution >= 4 is 23.5 Å². The van der Waals surface area contributed by atoms with Crippen LogP contribution in [-0.2, 0) is 16.0 Å². The molecule has 0 saturated carbocycles. The highest BCUT2D eigenvalue weighted by Gasteiger charge is 2.34. The number of carbonyl (C=O) groups excluding carboxylic acids is 2. The lowest BCUT2D eigenvalue weighted by molar-refractivity contribution is -0.113. The maximum Gasteiger partial charge on any atom is 0.338 e. The maximum atomic E-state index is 13.6. The van der Waals surface area contributed by atoms with Crippen molar-refractivity contribution in [1.82, 2.24) is 14.8 Å². The molecule has 1 unspecified atom stereocenters. The first-order valence-corrected chi connectivity index (χ1v) is 12.3. The molecule has 194 valence electrons. The van der Waals surface area contributed by atoms with Crippen molar-refractivity contribution in [3.63, 3.8) is 0 Å². The molecular weight excluding hydrogens is 474 g/mol. The summed E-state index contributed by atoms with van der Waals surface area (Å²) < 4.78 is 12.3. The van der Waals surface area contributed by atoms with Gasteiger partial charge in [0.2, 0.25) is 5.95 Å². The maximum absolute atomic E-state index is 13.6. The van der Waals surface area contributed by atoms with Gasteiger partial charge >= 0.3 is 5.97 Å². The Balaban J connectivity index is 1.66. The third kappa shape index (κ3) is 5.80. The second kappa shape index (κ2) is 11.7. The summed E-state index contributed by atoms with van der Waals surface area (Å²) in [5, 5.41) is 20.0. The van der Waals surface area contributed by atoms with Crippen molar-refractivity contribution in [2.24, 2.45) is 0 Å². The van der Waals surface area contributed by atoms with E-state index in [-0.39, 0.29) is 19.1 Å². The van der Waals surface area contributed by atoms with Crippen LogP contribution in [0.4, 0.5) is 11.6 Å². The summed E-state index contributed by atoms with van der Waals surface area (Å²) in [4.78, 5) is 30.2. The van der Waals surface area contributed by atoms with E-state index in [2.05, 4.69) is 20.7 Å². The van der Waals surface area contributed by atoms with Gasteiger partial charge in [0, 0.05) is 24.4 Å². The van der Waals surface area contributed by atoms with Crippen LogP contribution in [0.2, 0.25) is 0 Å². The Labute approximate surface area is 215 Å². The Morgan fingerprint density at radius 2 is 1.81 bits per heavy atom. The van der Waals surface area contributed by atoms with Gasteiger partial charge in [-0.2, -0.15) is 10.1 Å². The minimum absolute atomic E-state index is 0.0412. The number of ether oxygens (including phenoxy) is 2. The lowest BCUT2D eigenvalue weighted by Crippen LogP contribution is -2.31. The number of carbonyl (C=O) groups is 2. The summed E-state index contributed by atoms with van der Waals surface area (Å²) >= 11 is 0. The molecule has 10 nitrogen and oxygen atoms in total. The van der Waals surface area contributed by atoms with E-state index in [1.54, 1.807) is 35.9 Å². The van der Waals surface area contributed by atoms with E-state index in [1.807, 2.05) is 38.1 Å². The number of rotatable bonds is 10. The summed E-state index contributed by atoms with van der Waals surface area (Å²) in [5.41, 5.74) is 2.91. The van der Waals surface area contributed by atoms with Gasteiger partial charge in [0.1, 0.15) is 11.8 Å². The van der Waals surface area contributed by atoms with Gasteiger partial charge in [0.15, 0.2) is 5.82 Å². The van der Waals surface area contributed by atoms with Crippen LogP contribution in [0.3, 0.4) is 0 Å². The molecule has 0 saturated heterocycles. The van der Waals surface area contributed by atoms with E-state index in [9.17, 15) is 14.7 Å². The molecular formula is C27H31N5O5. The fraction of sp³-hybridized carbons (Fsp3) is 0.333. The van der Waals surface area contributed by atoms with E-state index in [1.165, 1.54) is 0 Å². The molecule has 0 radical (unpaired) electrons. The summed E-state index contributed by atoms with van der Waals surface area (Å²) in [6, 6.07) is 13.6. The number of hydrogen-bond donors (Lipinski definition) is 3. The predicted octanol–water partition coefficient (Wildman–Crippen LogP) is 3.71. The number of amides is 1. The van der Waals surface area contributed by atoms with Gasteiger partial charge in [-0.15, -0.1) is 0 Å². The fourth-order valence-corrected chi connectivity index (χ4v) is 4.16. The van der Waals surface area contributed by atoms with Crippen molar-refractivity contribution in [3.8, 4) is 5.75 Å². The number of aliphatic hydroxyl groups excluding tert-OH is 1. The van der Waals surface area contributed by atoms with Gasteiger partial charge in [0.05, 0.1) is 24.4 Å². The largest absolute Gasteiger partial charge is 0.494 e. The second-order valence-electron chi connectivity index (χ2n) is 8.44. The number of esters is 1. The number of allylic oxidation sites excluding steroid dienone is 1. The number of benzene rings is 2. The lowest BCUT2D eigenvalue weighted by atomic mass is 9.95. The van der Waals surface area contributed by atoms with Crippen LogP contribution >= 0.6 is 0 Å². The van der Waals surface area contributed by atoms with Crippen molar-refractivity contribution in [1.29, 1.82) is 0 Å². The van der Waals surface area contributed by atoms with E-state index in [4.69, 9.17) is 9.47 Å². The minimum Gasteiger partial charge on any atom is -0.494 e. The minimum atomic E-state index is -0.541. The number of aryl methyl sites for hydroxylation is 1. The standard InChI is InChI=1S/C27H31N5O5/c1-4-36-21-14-10-18(11-15-21)24-23(17(3)28-27-30-22(7-6-16-33)31-32(24)27)25(34)29-20-12-8-19(9-13-20)26(35)37-5-2/h8-15,24,33H,4-7,16H2,1-3H3,(H,29,34)(H,28,30,31). The number of nitrogens with one attached hydrogen (secondary N) is 2. The summed E-state index contributed by atoms with van der Waals surface area (Å²) in [7, 11) is 0. The highest BCUT2D eigenvalue weighted by Crippen LogP contribution is 2.36. The van der Waals surface area contributed by atoms with Gasteiger partial charge in [-0.1, -0.05) is 12.1 Å². The zero-order valence-corrected chi connectivity index (χ0v) is 21.2. The molecule has 1 aliphatic rings. The average Bonchev–Trinajstić information content (AvgIpc) is 3.30. The van der Waals surface area contributed by atoms with Gasteiger partial charge in [-0.3, -0.25) is 4.79 Å². The fourth-order valence-electron chi connectivity index (χ4n) is 4.16. The van der Waals surface area contributed by atoms with Crippen molar-refractivity contribution in [3.05, 3.63) is 76.8 Å². The van der Waals surface area contributed by atoms with Crippen LogP contribution in [0.15, 0.2) is 59.8 Å². The van der Waals surface area contributed by atoms with Gasteiger partial charge in [-0.05, 0) is 69.2 Å². The molecule has 1 atom stereocenters. The quantitative estimate of drug-likeness (QED) is 0.356. The van der Waals surface area contributed by atoms with Crippen molar-refractivity contribution < 1.29 is 24.2 Å². The topological polar surface area (TPSA) is 128 Å². The average molecular weight is 506 g/mol. The molecule has 1 aliphatic heterocycles. The Morgan fingerprint density at radius 3 is 2.46 bits per heavy atom. The van der Waals surface area contributed by atoms with Crippen LogP contribution in [0.5, 0.6) is 5.75 Å². The molecule has 1 aromatic heterocycles. The van der Waals surface area contributed by atoms with E-state index < -0.39 is 12.0 Å². The number of fused-ring (bicyclic) bond motifs is 1. The molecule has 3 N–H and O–H groups in total. The van der Waals surface area contributed by atoms with Crippen LogP contribution in [0, 0.1) is 0 Å². The highest BCUT2D eigenvalue weighted by molar-refractivity contribution is 6.06. The molecule has 2 heterocycles. The monoisotopic (exact) mass is 505 g/mol. The van der Waals surface area contributed by atoms with Crippen LogP contribution in [-0.4, -0.2) is 51.6 Å². The second-order valence-corrected chi connectivity index (χ2v) is 8.44. The Bertz CT molecular complexity index is 1280. The van der Waals surface area contributed by atoms with Gasteiger partial charge < -0.3 is 25.2 Å². The van der Waals surface area contributed by atoms with E-state index in [0.29, 0.717) is 53.7 Å². The molecule has 2 aromatic carbocycles. The molecule has 0 spiro atoms. The Kier molecular flexibility index (Phi) is 8.19. The van der Waals surface area contributed by atoms with Crippen molar-refractivity contribution in [2.75, 3.05) is 30.5 Å². The van der Waals surface area contributed by atoms with Crippen LogP contribution in [0.25, 0.3) is 0 Å².